The number of anilines is 1. The van der Waals surface area contributed by atoms with E-state index < -0.39 is 68.7 Å². The van der Waals surface area contributed by atoms with Crippen LogP contribution in [-0.4, -0.2) is 27.1 Å². The second-order valence-corrected chi connectivity index (χ2v) is 5.25. The molecule has 0 aliphatic carbocycles. The van der Waals surface area contributed by atoms with Gasteiger partial charge in [-0.1, -0.05) is 0 Å². The Bertz CT molecular complexity index is 995. The molecule has 0 radical (unpaired) electrons. The van der Waals surface area contributed by atoms with Crippen molar-refractivity contribution in [1.82, 2.24) is 4.98 Å². The van der Waals surface area contributed by atoms with Crippen molar-refractivity contribution < 1.29 is 37.4 Å². The number of carbonyl (C=O) groups is 2. The molecule has 0 saturated carbocycles. The Morgan fingerprint density at radius 2 is 1.65 bits per heavy atom. The van der Waals surface area contributed by atoms with E-state index in [1.807, 2.05) is 4.98 Å². The lowest BCUT2D eigenvalue weighted by Gasteiger charge is -2.16. The molecule has 0 fully saturated rings. The third-order valence-corrected chi connectivity index (χ3v) is 3.56. The van der Waals surface area contributed by atoms with Crippen molar-refractivity contribution in [1.29, 1.82) is 0 Å². The number of benzene rings is 1. The minimum Gasteiger partial charge on any atom is -0.478 e. The van der Waals surface area contributed by atoms with E-state index in [0.717, 1.165) is 6.92 Å². The second-order valence-electron chi connectivity index (χ2n) is 5.25. The second kappa shape index (κ2) is 6.17. The predicted octanol–water partition coefficient (Wildman–Crippen LogP) is 2.49. The maximum atomic E-state index is 14.4. The van der Waals surface area contributed by atoms with Gasteiger partial charge in [0.15, 0.2) is 0 Å². The van der Waals surface area contributed by atoms with Gasteiger partial charge < -0.3 is 20.9 Å². The molecule has 0 amide bonds. The van der Waals surface area contributed by atoms with Gasteiger partial charge in [0.05, 0.1) is 5.56 Å². The van der Waals surface area contributed by atoms with Crippen molar-refractivity contribution in [2.45, 2.75) is 13.1 Å². The summed E-state index contributed by atoms with van der Waals surface area (Å²) in [5.74, 6) is -6.02. The third-order valence-electron chi connectivity index (χ3n) is 3.56. The lowest BCUT2D eigenvalue weighted by atomic mass is 9.92. The number of aromatic carboxylic acids is 2. The smallest absolute Gasteiger partial charge is 0.416 e. The molecule has 2 rings (SSSR count). The molecule has 0 bridgehead atoms. The van der Waals surface area contributed by atoms with Gasteiger partial charge in [0.25, 0.3) is 5.56 Å². The molecule has 0 atom stereocenters. The number of alkyl halides is 3. The van der Waals surface area contributed by atoms with Crippen LogP contribution in [0.4, 0.5) is 23.4 Å². The molecule has 0 aliphatic heterocycles. The normalized spacial score (nSPS) is 11.4. The van der Waals surface area contributed by atoms with Gasteiger partial charge in [0.1, 0.15) is 22.8 Å². The van der Waals surface area contributed by atoms with Crippen LogP contribution in [0.25, 0.3) is 11.1 Å². The van der Waals surface area contributed by atoms with Gasteiger partial charge in [0.2, 0.25) is 0 Å². The van der Waals surface area contributed by atoms with Crippen LogP contribution in [-0.2, 0) is 6.18 Å². The highest BCUT2D eigenvalue weighted by molar-refractivity contribution is 6.07. The molecule has 2 aromatic rings. The molecular weight excluding hydrogens is 364 g/mol. The summed E-state index contributed by atoms with van der Waals surface area (Å²) in [6.45, 7) is 0.975. The number of aryl methyl sites for hydroxylation is 1. The van der Waals surface area contributed by atoms with Crippen LogP contribution in [0.3, 0.4) is 0 Å². The number of hydrogen-bond donors (Lipinski definition) is 4. The Kier molecular flexibility index (Phi) is 4.50. The highest BCUT2D eigenvalue weighted by Gasteiger charge is 2.35. The van der Waals surface area contributed by atoms with Crippen LogP contribution in [0.5, 0.6) is 0 Å². The van der Waals surface area contributed by atoms with E-state index in [-0.39, 0.29) is 6.07 Å². The van der Waals surface area contributed by atoms with E-state index in [2.05, 4.69) is 0 Å². The van der Waals surface area contributed by atoms with Crippen LogP contribution in [0.2, 0.25) is 0 Å². The Labute approximate surface area is 141 Å². The lowest BCUT2D eigenvalue weighted by molar-refractivity contribution is -0.138. The highest BCUT2D eigenvalue weighted by atomic mass is 19.4. The number of nitrogen functional groups attached to an aromatic ring is 1. The maximum absolute atomic E-state index is 14.4. The molecule has 0 spiro atoms. The van der Waals surface area contributed by atoms with Crippen LogP contribution in [0.1, 0.15) is 31.8 Å². The van der Waals surface area contributed by atoms with Gasteiger partial charge >= 0.3 is 18.1 Å². The van der Waals surface area contributed by atoms with E-state index in [0.29, 0.717) is 6.07 Å². The quantitative estimate of drug-likeness (QED) is 0.610. The fourth-order valence-corrected chi connectivity index (χ4v) is 2.49. The van der Waals surface area contributed by atoms with Gasteiger partial charge in [-0.2, -0.15) is 13.2 Å². The Morgan fingerprint density at radius 1 is 1.12 bits per heavy atom. The molecule has 5 N–H and O–H groups in total. The number of hydrogen-bond acceptors (Lipinski definition) is 4. The highest BCUT2D eigenvalue weighted by Crippen LogP contribution is 2.37. The van der Waals surface area contributed by atoms with Crippen LogP contribution < -0.4 is 11.3 Å². The van der Waals surface area contributed by atoms with E-state index >= 15 is 0 Å². The molecule has 0 aliphatic rings. The van der Waals surface area contributed by atoms with Crippen molar-refractivity contribution in [3.8, 4) is 11.1 Å². The Morgan fingerprint density at radius 3 is 2.12 bits per heavy atom. The average Bonchev–Trinajstić information content (AvgIpc) is 2.46. The summed E-state index contributed by atoms with van der Waals surface area (Å²) < 4.78 is 53.0. The SMILES string of the molecule is Cc1cc(-c2c(C(=O)O)c(N)[nH]c(=O)c2C(=O)O)c(F)cc1C(F)(F)F. The number of aromatic nitrogens is 1. The van der Waals surface area contributed by atoms with Crippen LogP contribution >= 0.6 is 0 Å². The molecule has 1 aromatic carbocycles. The number of carboxylic acids is 2. The number of pyridine rings is 1. The Hall–Kier alpha value is -3.37. The molecule has 1 aromatic heterocycles. The van der Waals surface area contributed by atoms with Gasteiger partial charge in [-0.3, -0.25) is 4.79 Å². The van der Waals surface area contributed by atoms with Crippen molar-refractivity contribution in [3.63, 3.8) is 0 Å². The first kappa shape index (κ1) is 19.0. The fourth-order valence-electron chi connectivity index (χ4n) is 2.49. The van der Waals surface area contributed by atoms with E-state index in [9.17, 15) is 42.2 Å². The number of nitrogens with one attached hydrogen (secondary N) is 1. The largest absolute Gasteiger partial charge is 0.478 e. The monoisotopic (exact) mass is 374 g/mol. The summed E-state index contributed by atoms with van der Waals surface area (Å²) in [4.78, 5) is 36.5. The number of nitrogens with two attached hydrogens (primary N) is 1. The standard InChI is InChI=1S/C15H10F4N2O5/c1-4-2-5(7(16)3-6(4)15(17,18)19)8-9(13(23)24)11(20)21-12(22)10(8)14(25)26/h2-3H,1H3,(H,23,24)(H,25,26)(H3,20,21,22). The number of H-pyrrole nitrogens is 1. The van der Waals surface area contributed by atoms with Crippen molar-refractivity contribution >= 4 is 17.8 Å². The molecule has 26 heavy (non-hydrogen) atoms. The fraction of sp³-hybridized carbons (Fsp3) is 0.133. The van der Waals surface area contributed by atoms with Gasteiger partial charge in [-0.15, -0.1) is 0 Å². The molecule has 1 heterocycles. The minimum absolute atomic E-state index is 0.0965. The first-order chi connectivity index (χ1) is 11.9. The van der Waals surface area contributed by atoms with E-state index in [1.165, 1.54) is 0 Å². The van der Waals surface area contributed by atoms with Gasteiger partial charge in [-0.05, 0) is 24.6 Å². The molecule has 11 heteroatoms. The summed E-state index contributed by atoms with van der Waals surface area (Å²) in [5.41, 5.74) is -1.59. The minimum atomic E-state index is -4.89. The number of halogens is 4. The zero-order valence-corrected chi connectivity index (χ0v) is 12.9. The molecule has 0 saturated heterocycles. The predicted molar refractivity (Wildman–Crippen MR) is 80.5 cm³/mol. The van der Waals surface area contributed by atoms with Crippen molar-refractivity contribution in [2.75, 3.05) is 5.73 Å². The van der Waals surface area contributed by atoms with Gasteiger partial charge in [0, 0.05) is 11.1 Å². The van der Waals surface area contributed by atoms with Gasteiger partial charge in [-0.25, -0.2) is 14.0 Å². The van der Waals surface area contributed by atoms with Crippen LogP contribution in [0, 0.1) is 12.7 Å². The average molecular weight is 374 g/mol. The van der Waals surface area contributed by atoms with Crippen molar-refractivity contribution in [3.05, 3.63) is 50.6 Å². The summed E-state index contributed by atoms with van der Waals surface area (Å²) in [7, 11) is 0. The first-order valence-electron chi connectivity index (χ1n) is 6.76. The van der Waals surface area contributed by atoms with Crippen LogP contribution in [0.15, 0.2) is 16.9 Å². The zero-order chi connectivity index (χ0) is 20.0. The summed E-state index contributed by atoms with van der Waals surface area (Å²) in [5, 5.41) is 18.4. The topological polar surface area (TPSA) is 133 Å². The van der Waals surface area contributed by atoms with Crippen molar-refractivity contribution in [2.24, 2.45) is 0 Å². The lowest BCUT2D eigenvalue weighted by Crippen LogP contribution is -2.24. The number of rotatable bonds is 3. The molecule has 0 unspecified atom stereocenters. The zero-order valence-electron chi connectivity index (χ0n) is 12.9. The van der Waals surface area contributed by atoms with E-state index in [4.69, 9.17) is 5.73 Å². The molecule has 7 nitrogen and oxygen atoms in total. The van der Waals surface area contributed by atoms with E-state index in [1.54, 1.807) is 0 Å². The number of aromatic amines is 1. The summed E-state index contributed by atoms with van der Waals surface area (Å²) in [6, 6.07) is 0.713. The summed E-state index contributed by atoms with van der Waals surface area (Å²) >= 11 is 0. The third kappa shape index (κ3) is 3.10. The number of carboxylic acid groups (broad SMARTS) is 2. The molecule has 138 valence electrons. The molecular formula is C15H10F4N2O5. The summed E-state index contributed by atoms with van der Waals surface area (Å²) in [6.07, 6.45) is -4.89. The first-order valence-corrected chi connectivity index (χ1v) is 6.76. The maximum Gasteiger partial charge on any atom is 0.416 e. The Balaban J connectivity index is 3.01.